The number of rotatable bonds is 7. The lowest BCUT2D eigenvalue weighted by atomic mass is 10.1. The van der Waals surface area contributed by atoms with E-state index in [-0.39, 0.29) is 11.2 Å². The molecule has 174 valence electrons. The number of furan rings is 1. The lowest BCUT2D eigenvalue weighted by Crippen LogP contribution is -2.23. The van der Waals surface area contributed by atoms with Crippen LogP contribution in [0.3, 0.4) is 0 Å². The summed E-state index contributed by atoms with van der Waals surface area (Å²) < 4.78 is 12.8. The Balaban J connectivity index is 1.40. The number of nitrogens with zero attached hydrogens (tertiary/aromatic N) is 4. The summed E-state index contributed by atoms with van der Waals surface area (Å²) in [6.07, 6.45) is 5.18. The predicted octanol–water partition coefficient (Wildman–Crippen LogP) is 4.44. The molecule has 0 atom stereocenters. The molecule has 0 radical (unpaired) electrons. The summed E-state index contributed by atoms with van der Waals surface area (Å²) in [5.41, 5.74) is 0.950. The van der Waals surface area contributed by atoms with Crippen LogP contribution in [0.15, 0.2) is 69.9 Å². The van der Waals surface area contributed by atoms with E-state index >= 15 is 0 Å². The molecular weight excluding hydrogens is 468 g/mol. The third-order valence-corrected chi connectivity index (χ3v) is 6.04. The molecule has 0 unspecified atom stereocenters. The second-order valence-corrected chi connectivity index (χ2v) is 8.40. The van der Waals surface area contributed by atoms with Crippen molar-refractivity contribution < 1.29 is 14.1 Å². The molecule has 9 nitrogen and oxygen atoms in total. The number of aromatic nitrogens is 3. The first kappa shape index (κ1) is 22.2. The van der Waals surface area contributed by atoms with Crippen LogP contribution in [-0.2, 0) is 0 Å². The molecule has 0 fully saturated rings. The van der Waals surface area contributed by atoms with Gasteiger partial charge in [-0.15, -0.1) is 5.10 Å². The topological polar surface area (TPSA) is 113 Å². The monoisotopic (exact) mass is 486 g/mol. The highest BCUT2D eigenvalue weighted by atomic mass is 32.1. The molecule has 0 aliphatic carbocycles. The van der Waals surface area contributed by atoms with Gasteiger partial charge in [0.15, 0.2) is 5.82 Å². The number of nitro benzene ring substituents is 1. The van der Waals surface area contributed by atoms with Gasteiger partial charge in [-0.3, -0.25) is 14.9 Å². The standard InChI is InChI=1S/C25H18N4O5S/c1-2-33-17-10-7-16(8-11-17)9-14-23-26-25-28(27-23)24(30)22(35-25)15-18-12-13-21(34-18)19-5-3-4-6-20(19)29(31)32/h3-15H,2H2,1H3/b14-9+,22-15-. The fourth-order valence-corrected chi connectivity index (χ4v) is 4.37. The smallest absolute Gasteiger partial charge is 0.291 e. The van der Waals surface area contributed by atoms with Crippen molar-refractivity contribution >= 4 is 40.2 Å². The highest BCUT2D eigenvalue weighted by Gasteiger charge is 2.17. The average Bonchev–Trinajstić information content (AvgIpc) is 3.56. The molecule has 0 aliphatic heterocycles. The highest BCUT2D eigenvalue weighted by Crippen LogP contribution is 2.31. The van der Waals surface area contributed by atoms with Crippen LogP contribution in [0.2, 0.25) is 0 Å². The number of para-hydroxylation sites is 1. The maximum Gasteiger partial charge on any atom is 0.291 e. The van der Waals surface area contributed by atoms with Crippen molar-refractivity contribution in [3.63, 3.8) is 0 Å². The molecule has 10 heteroatoms. The minimum Gasteiger partial charge on any atom is -0.494 e. The zero-order valence-electron chi connectivity index (χ0n) is 18.5. The van der Waals surface area contributed by atoms with Crippen LogP contribution >= 0.6 is 11.3 Å². The van der Waals surface area contributed by atoms with Crippen LogP contribution in [-0.4, -0.2) is 26.1 Å². The van der Waals surface area contributed by atoms with E-state index in [1.54, 1.807) is 42.5 Å². The third kappa shape index (κ3) is 4.59. The molecule has 0 saturated heterocycles. The van der Waals surface area contributed by atoms with Gasteiger partial charge >= 0.3 is 0 Å². The molecule has 2 aromatic carbocycles. The van der Waals surface area contributed by atoms with Crippen molar-refractivity contribution in [2.75, 3.05) is 6.61 Å². The van der Waals surface area contributed by atoms with Gasteiger partial charge in [0.1, 0.15) is 21.8 Å². The lowest BCUT2D eigenvalue weighted by Gasteiger charge is -2.01. The number of benzene rings is 2. The Hall–Kier alpha value is -4.57. The molecule has 0 aliphatic rings. The minimum atomic E-state index is -0.459. The first-order valence-electron chi connectivity index (χ1n) is 10.7. The van der Waals surface area contributed by atoms with E-state index < -0.39 is 4.92 Å². The van der Waals surface area contributed by atoms with Crippen LogP contribution in [0, 0.1) is 10.1 Å². The molecule has 35 heavy (non-hydrogen) atoms. The van der Waals surface area contributed by atoms with Crippen LogP contribution < -0.4 is 14.8 Å². The number of thiazole rings is 1. The summed E-state index contributed by atoms with van der Waals surface area (Å²) in [5.74, 6) is 1.97. The molecule has 0 saturated carbocycles. The van der Waals surface area contributed by atoms with Gasteiger partial charge in [0.25, 0.3) is 11.2 Å². The lowest BCUT2D eigenvalue weighted by molar-refractivity contribution is -0.384. The predicted molar refractivity (Wildman–Crippen MR) is 133 cm³/mol. The molecule has 5 aromatic rings. The van der Waals surface area contributed by atoms with E-state index in [1.165, 1.54) is 21.9 Å². The highest BCUT2D eigenvalue weighted by molar-refractivity contribution is 7.15. The fraction of sp³-hybridized carbons (Fsp3) is 0.0800. The number of hydrogen-bond donors (Lipinski definition) is 0. The summed E-state index contributed by atoms with van der Waals surface area (Å²) in [5, 5.41) is 15.6. The Bertz CT molecular complexity index is 1660. The second kappa shape index (κ2) is 9.35. The number of ether oxygens (including phenoxy) is 1. The zero-order valence-corrected chi connectivity index (χ0v) is 19.3. The van der Waals surface area contributed by atoms with Gasteiger partial charge in [0, 0.05) is 12.1 Å². The van der Waals surface area contributed by atoms with Crippen molar-refractivity contribution in [2.45, 2.75) is 6.92 Å². The van der Waals surface area contributed by atoms with Crippen LogP contribution in [0.4, 0.5) is 5.69 Å². The average molecular weight is 487 g/mol. The quantitative estimate of drug-likeness (QED) is 0.247. The molecular formula is C25H18N4O5S. The third-order valence-electron chi connectivity index (χ3n) is 5.08. The van der Waals surface area contributed by atoms with E-state index in [0.29, 0.717) is 39.0 Å². The van der Waals surface area contributed by atoms with Gasteiger partial charge in [-0.25, -0.2) is 0 Å². The van der Waals surface area contributed by atoms with Crippen molar-refractivity contribution in [3.8, 4) is 17.1 Å². The van der Waals surface area contributed by atoms with E-state index in [4.69, 9.17) is 9.15 Å². The van der Waals surface area contributed by atoms with Gasteiger partial charge in [-0.1, -0.05) is 41.7 Å². The first-order valence-corrected chi connectivity index (χ1v) is 11.5. The second-order valence-electron chi connectivity index (χ2n) is 7.39. The summed E-state index contributed by atoms with van der Waals surface area (Å²) in [4.78, 5) is 28.5. The Kier molecular flexibility index (Phi) is 5.94. The molecule has 0 spiro atoms. The molecule has 0 bridgehead atoms. The van der Waals surface area contributed by atoms with E-state index in [1.807, 2.05) is 37.3 Å². The zero-order chi connectivity index (χ0) is 24.4. The van der Waals surface area contributed by atoms with Gasteiger partial charge in [-0.05, 0) is 48.9 Å². The molecule has 0 amide bonds. The molecule has 5 rings (SSSR count). The molecule has 0 N–H and O–H groups in total. The Morgan fingerprint density at radius 3 is 2.66 bits per heavy atom. The molecule has 3 heterocycles. The largest absolute Gasteiger partial charge is 0.494 e. The van der Waals surface area contributed by atoms with Gasteiger partial charge in [-0.2, -0.15) is 9.50 Å². The summed E-state index contributed by atoms with van der Waals surface area (Å²) in [6.45, 7) is 2.54. The summed E-state index contributed by atoms with van der Waals surface area (Å²) >= 11 is 1.18. The summed E-state index contributed by atoms with van der Waals surface area (Å²) in [6, 6.07) is 17.2. The number of fused-ring (bicyclic) bond motifs is 1. The maximum absolute atomic E-state index is 12.8. The Morgan fingerprint density at radius 2 is 1.91 bits per heavy atom. The number of nitro groups is 1. The molecule has 3 aromatic heterocycles. The van der Waals surface area contributed by atoms with E-state index in [0.717, 1.165) is 11.3 Å². The van der Waals surface area contributed by atoms with Crippen molar-refractivity contribution in [3.05, 3.63) is 103 Å². The van der Waals surface area contributed by atoms with Crippen molar-refractivity contribution in [2.24, 2.45) is 0 Å². The minimum absolute atomic E-state index is 0.0532. The van der Waals surface area contributed by atoms with E-state index in [9.17, 15) is 14.9 Å². The fourth-order valence-electron chi connectivity index (χ4n) is 3.48. The normalized spacial score (nSPS) is 12.1. The van der Waals surface area contributed by atoms with Gasteiger partial charge in [0.2, 0.25) is 4.96 Å². The van der Waals surface area contributed by atoms with Crippen molar-refractivity contribution in [1.29, 1.82) is 0 Å². The number of hydrogen-bond acceptors (Lipinski definition) is 8. The Morgan fingerprint density at radius 1 is 1.11 bits per heavy atom. The maximum atomic E-state index is 12.8. The SMILES string of the molecule is CCOc1ccc(/C=C/c2nc3s/c(=C\c4ccc(-c5ccccc5[N+](=O)[O-])o4)c(=O)n3n2)cc1. The van der Waals surface area contributed by atoms with E-state index in [2.05, 4.69) is 10.1 Å². The van der Waals surface area contributed by atoms with Gasteiger partial charge < -0.3 is 9.15 Å². The van der Waals surface area contributed by atoms with Gasteiger partial charge in [0.05, 0.1) is 17.1 Å². The first-order chi connectivity index (χ1) is 17.0. The van der Waals surface area contributed by atoms with Crippen LogP contribution in [0.25, 0.3) is 34.5 Å². The van der Waals surface area contributed by atoms with Crippen molar-refractivity contribution in [1.82, 2.24) is 14.6 Å². The summed E-state index contributed by atoms with van der Waals surface area (Å²) in [7, 11) is 0. The Labute approximate surface area is 202 Å². The van der Waals surface area contributed by atoms with Crippen LogP contribution in [0.5, 0.6) is 5.75 Å². The van der Waals surface area contributed by atoms with Crippen LogP contribution in [0.1, 0.15) is 24.1 Å².